The predicted octanol–water partition coefficient (Wildman–Crippen LogP) is 3.39. The molecule has 2 heterocycles. The van der Waals surface area contributed by atoms with E-state index in [4.69, 9.17) is 15.2 Å². The van der Waals surface area contributed by atoms with Gasteiger partial charge in [0.2, 0.25) is 11.8 Å². The van der Waals surface area contributed by atoms with Crippen LogP contribution in [0, 0.1) is 11.3 Å². The maximum atomic E-state index is 9.63. The third-order valence-electron chi connectivity index (χ3n) is 4.33. The number of nitrogens with zero attached hydrogens (tertiary/aromatic N) is 1. The molecule has 0 aliphatic carbocycles. The van der Waals surface area contributed by atoms with Crippen LogP contribution in [0.25, 0.3) is 10.9 Å². The van der Waals surface area contributed by atoms with Gasteiger partial charge in [0.1, 0.15) is 17.4 Å². The van der Waals surface area contributed by atoms with E-state index in [2.05, 4.69) is 11.1 Å². The first-order chi connectivity index (χ1) is 11.7. The van der Waals surface area contributed by atoms with E-state index in [1.807, 2.05) is 48.5 Å². The minimum atomic E-state index is -0.277. The number of nitrogens with one attached hydrogen (secondary N) is 1. The molecule has 24 heavy (non-hydrogen) atoms. The number of methoxy groups -OCH3 is 1. The van der Waals surface area contributed by atoms with Crippen LogP contribution in [0.1, 0.15) is 17.0 Å². The molecule has 1 aliphatic rings. The molecule has 118 valence electrons. The summed E-state index contributed by atoms with van der Waals surface area (Å²) in [6.45, 7) is 0. The molecular formula is C19H15N3O2. The normalized spacial score (nSPS) is 16.4. The van der Waals surface area contributed by atoms with Gasteiger partial charge in [0.25, 0.3) is 0 Å². The number of para-hydroxylation sites is 1. The van der Waals surface area contributed by atoms with Crippen LogP contribution in [0.3, 0.4) is 0 Å². The van der Waals surface area contributed by atoms with Crippen molar-refractivity contribution in [1.29, 1.82) is 5.26 Å². The highest BCUT2D eigenvalue weighted by atomic mass is 16.5. The summed E-state index contributed by atoms with van der Waals surface area (Å²) in [6, 6.07) is 17.8. The Morgan fingerprint density at radius 1 is 1.17 bits per heavy atom. The van der Waals surface area contributed by atoms with Crippen LogP contribution in [-0.2, 0) is 0 Å². The van der Waals surface area contributed by atoms with E-state index in [1.165, 1.54) is 0 Å². The molecule has 2 aromatic carbocycles. The average Bonchev–Trinajstić information content (AvgIpc) is 2.98. The van der Waals surface area contributed by atoms with Crippen molar-refractivity contribution in [3.05, 3.63) is 71.1 Å². The number of ether oxygens (including phenoxy) is 2. The Morgan fingerprint density at radius 2 is 1.92 bits per heavy atom. The molecule has 0 bridgehead atoms. The molecule has 3 N–H and O–H groups in total. The van der Waals surface area contributed by atoms with Crippen molar-refractivity contribution >= 4 is 10.9 Å². The molecule has 5 heteroatoms. The molecular weight excluding hydrogens is 302 g/mol. The number of hydrogen-bond acceptors (Lipinski definition) is 4. The van der Waals surface area contributed by atoms with E-state index >= 15 is 0 Å². The lowest BCUT2D eigenvalue weighted by atomic mass is 9.84. The number of allylic oxidation sites excluding steroid dienone is 1. The van der Waals surface area contributed by atoms with Gasteiger partial charge in [-0.3, -0.25) is 0 Å². The number of fused-ring (bicyclic) bond motifs is 3. The lowest BCUT2D eigenvalue weighted by Crippen LogP contribution is -2.20. The lowest BCUT2D eigenvalue weighted by molar-refractivity contribution is 0.382. The number of nitriles is 1. The molecule has 0 saturated carbocycles. The number of aromatic nitrogens is 1. The van der Waals surface area contributed by atoms with Crippen molar-refractivity contribution < 1.29 is 9.47 Å². The SMILES string of the molecule is COc1ccc(C2C(C#N)=C(N)Oc3[nH]c4ccccc4c32)cc1. The summed E-state index contributed by atoms with van der Waals surface area (Å²) in [6.07, 6.45) is 0. The molecule has 1 atom stereocenters. The Bertz CT molecular complexity index is 994. The maximum Gasteiger partial charge on any atom is 0.207 e. The van der Waals surface area contributed by atoms with Gasteiger partial charge in [-0.05, 0) is 23.8 Å². The third-order valence-corrected chi connectivity index (χ3v) is 4.33. The van der Waals surface area contributed by atoms with E-state index in [0.717, 1.165) is 27.8 Å². The summed E-state index contributed by atoms with van der Waals surface area (Å²) >= 11 is 0. The topological polar surface area (TPSA) is 84.1 Å². The van der Waals surface area contributed by atoms with E-state index < -0.39 is 0 Å². The fraction of sp³-hybridized carbons (Fsp3) is 0.105. The zero-order valence-corrected chi connectivity index (χ0v) is 13.0. The van der Waals surface area contributed by atoms with Crippen LogP contribution in [0.5, 0.6) is 11.6 Å². The van der Waals surface area contributed by atoms with E-state index in [9.17, 15) is 5.26 Å². The molecule has 1 aromatic heterocycles. The summed E-state index contributed by atoms with van der Waals surface area (Å²) in [5.74, 6) is 1.21. The van der Waals surface area contributed by atoms with Crippen molar-refractivity contribution in [2.75, 3.05) is 7.11 Å². The van der Waals surface area contributed by atoms with Gasteiger partial charge in [-0.25, -0.2) is 0 Å². The first-order valence-corrected chi connectivity index (χ1v) is 7.55. The van der Waals surface area contributed by atoms with Crippen molar-refractivity contribution in [1.82, 2.24) is 4.98 Å². The van der Waals surface area contributed by atoms with Crippen LogP contribution in [0.4, 0.5) is 0 Å². The molecule has 0 saturated heterocycles. The molecule has 3 aromatic rings. The van der Waals surface area contributed by atoms with Gasteiger partial charge in [0.15, 0.2) is 0 Å². The zero-order valence-electron chi connectivity index (χ0n) is 13.0. The zero-order chi connectivity index (χ0) is 16.7. The Morgan fingerprint density at radius 3 is 2.62 bits per heavy atom. The molecule has 0 spiro atoms. The van der Waals surface area contributed by atoms with Crippen LogP contribution in [0.15, 0.2) is 60.0 Å². The summed E-state index contributed by atoms with van der Waals surface area (Å²) in [7, 11) is 1.62. The highest BCUT2D eigenvalue weighted by molar-refractivity contribution is 5.88. The standard InChI is InChI=1S/C19H15N3O2/c1-23-12-8-6-11(7-9-12)16-14(10-20)18(21)24-19-17(16)13-4-2-3-5-15(13)22-19/h2-9,16,22H,21H2,1H3. The number of H-pyrrole nitrogens is 1. The summed E-state index contributed by atoms with van der Waals surface area (Å²) in [4.78, 5) is 3.24. The molecule has 1 unspecified atom stereocenters. The van der Waals surface area contributed by atoms with Gasteiger partial charge in [-0.2, -0.15) is 5.26 Å². The van der Waals surface area contributed by atoms with E-state index in [-0.39, 0.29) is 11.8 Å². The quantitative estimate of drug-likeness (QED) is 0.758. The smallest absolute Gasteiger partial charge is 0.207 e. The van der Waals surface area contributed by atoms with Crippen LogP contribution >= 0.6 is 0 Å². The fourth-order valence-corrected chi connectivity index (χ4v) is 3.21. The monoisotopic (exact) mass is 317 g/mol. The van der Waals surface area contributed by atoms with Gasteiger partial charge >= 0.3 is 0 Å². The molecule has 5 nitrogen and oxygen atoms in total. The van der Waals surface area contributed by atoms with Crippen LogP contribution in [-0.4, -0.2) is 12.1 Å². The minimum Gasteiger partial charge on any atom is -0.497 e. The second-order valence-corrected chi connectivity index (χ2v) is 5.61. The van der Waals surface area contributed by atoms with Gasteiger partial charge in [-0.15, -0.1) is 0 Å². The Labute approximate surface area is 138 Å². The second-order valence-electron chi connectivity index (χ2n) is 5.61. The highest BCUT2D eigenvalue weighted by Crippen LogP contribution is 2.45. The lowest BCUT2D eigenvalue weighted by Gasteiger charge is -2.24. The van der Waals surface area contributed by atoms with Gasteiger partial charge in [-0.1, -0.05) is 30.3 Å². The van der Waals surface area contributed by atoms with Crippen molar-refractivity contribution in [2.24, 2.45) is 5.73 Å². The number of benzene rings is 2. The largest absolute Gasteiger partial charge is 0.497 e. The first kappa shape index (κ1) is 14.2. The number of nitrogens with two attached hydrogens (primary N) is 1. The number of rotatable bonds is 2. The van der Waals surface area contributed by atoms with Gasteiger partial charge in [0, 0.05) is 16.5 Å². The van der Waals surface area contributed by atoms with E-state index in [1.54, 1.807) is 7.11 Å². The summed E-state index contributed by atoms with van der Waals surface area (Å²) < 4.78 is 10.9. The molecule has 1 aliphatic heterocycles. The average molecular weight is 317 g/mol. The highest BCUT2D eigenvalue weighted by Gasteiger charge is 2.33. The number of hydrogen-bond donors (Lipinski definition) is 2. The van der Waals surface area contributed by atoms with E-state index in [0.29, 0.717) is 11.5 Å². The number of aromatic amines is 1. The Hall–Kier alpha value is -3.39. The molecule has 0 amide bonds. The Balaban J connectivity index is 1.97. The van der Waals surface area contributed by atoms with Crippen molar-refractivity contribution in [2.45, 2.75) is 5.92 Å². The molecule has 0 fully saturated rings. The Kier molecular flexibility index (Phi) is 3.17. The first-order valence-electron chi connectivity index (χ1n) is 7.55. The van der Waals surface area contributed by atoms with Crippen molar-refractivity contribution in [3.8, 4) is 17.7 Å². The maximum absolute atomic E-state index is 9.63. The van der Waals surface area contributed by atoms with Crippen LogP contribution in [0.2, 0.25) is 0 Å². The molecule has 4 rings (SSSR count). The van der Waals surface area contributed by atoms with Gasteiger partial charge in [0.05, 0.1) is 13.0 Å². The minimum absolute atomic E-state index is 0.136. The van der Waals surface area contributed by atoms with Crippen molar-refractivity contribution in [3.63, 3.8) is 0 Å². The van der Waals surface area contributed by atoms with Crippen LogP contribution < -0.4 is 15.2 Å². The summed E-state index contributed by atoms with van der Waals surface area (Å²) in [5.41, 5.74) is 9.26. The predicted molar refractivity (Wildman–Crippen MR) is 90.6 cm³/mol. The second kappa shape index (κ2) is 5.36. The third kappa shape index (κ3) is 2.01. The fourth-order valence-electron chi connectivity index (χ4n) is 3.21. The van der Waals surface area contributed by atoms with Gasteiger partial charge < -0.3 is 20.2 Å². The molecule has 0 radical (unpaired) electrons. The summed E-state index contributed by atoms with van der Waals surface area (Å²) in [5, 5.41) is 10.6.